The molecule has 112 valence electrons. The number of unbranched alkanes of at least 4 members (excludes halogenated alkanes) is 1. The predicted octanol–water partition coefficient (Wildman–Crippen LogP) is 2.56. The van der Waals surface area contributed by atoms with Crippen LogP contribution in [0.15, 0.2) is 12.3 Å². The summed E-state index contributed by atoms with van der Waals surface area (Å²) in [5.41, 5.74) is 0. The molecule has 1 aliphatic heterocycles. The van der Waals surface area contributed by atoms with E-state index in [0.717, 1.165) is 24.3 Å². The largest absolute Gasteiger partial charge is 0.473 e. The van der Waals surface area contributed by atoms with Crippen LogP contribution in [-0.4, -0.2) is 48.8 Å². The quantitative estimate of drug-likeness (QED) is 0.593. The van der Waals surface area contributed by atoms with E-state index < -0.39 is 0 Å². The molecule has 1 aliphatic rings. The van der Waals surface area contributed by atoms with Gasteiger partial charge < -0.3 is 19.3 Å². The van der Waals surface area contributed by atoms with Crippen molar-refractivity contribution < 1.29 is 19.3 Å². The average molecular weight is 290 g/mol. The minimum absolute atomic E-state index is 0.136. The molecule has 2 unspecified atom stereocenters. The Morgan fingerprint density at radius 3 is 3.11 bits per heavy atom. The zero-order chi connectivity index (χ0) is 13.8. The number of rotatable bonds is 11. The van der Waals surface area contributed by atoms with Crippen molar-refractivity contribution >= 4 is 11.8 Å². The summed E-state index contributed by atoms with van der Waals surface area (Å²) in [5, 5.41) is 9.68. The zero-order valence-electron chi connectivity index (χ0n) is 11.8. The van der Waals surface area contributed by atoms with Crippen LogP contribution < -0.4 is 0 Å². The van der Waals surface area contributed by atoms with Crippen LogP contribution in [0.1, 0.15) is 32.6 Å². The number of allylic oxidation sites excluding steroid dienone is 1. The first-order valence-corrected chi connectivity index (χ1v) is 8.24. The highest BCUT2D eigenvalue weighted by molar-refractivity contribution is 7.99. The first-order chi connectivity index (χ1) is 9.33. The first kappa shape index (κ1) is 16.8. The molecule has 0 aromatic rings. The normalized spacial score (nSPS) is 20.2. The van der Waals surface area contributed by atoms with Gasteiger partial charge in [0.2, 0.25) is 0 Å². The zero-order valence-corrected chi connectivity index (χ0v) is 12.6. The van der Waals surface area contributed by atoms with E-state index in [1.807, 2.05) is 6.08 Å². The molecule has 0 bridgehead atoms. The number of hydrogen-bond donors (Lipinski definition) is 1. The van der Waals surface area contributed by atoms with Crippen molar-refractivity contribution in [3.05, 3.63) is 12.3 Å². The van der Waals surface area contributed by atoms with Crippen molar-refractivity contribution in [3.8, 4) is 0 Å². The van der Waals surface area contributed by atoms with Gasteiger partial charge in [-0.05, 0) is 24.7 Å². The van der Waals surface area contributed by atoms with Gasteiger partial charge in [-0.15, -0.1) is 0 Å². The lowest BCUT2D eigenvalue weighted by Gasteiger charge is -2.19. The fourth-order valence-corrected chi connectivity index (χ4v) is 2.63. The van der Waals surface area contributed by atoms with E-state index in [1.165, 1.54) is 12.8 Å². The Morgan fingerprint density at radius 2 is 2.37 bits per heavy atom. The summed E-state index contributed by atoms with van der Waals surface area (Å²) < 4.78 is 16.1. The molecule has 0 saturated heterocycles. The van der Waals surface area contributed by atoms with Gasteiger partial charge in [0.05, 0.1) is 32.2 Å². The van der Waals surface area contributed by atoms with Crippen molar-refractivity contribution in [3.63, 3.8) is 0 Å². The third-order valence-corrected chi connectivity index (χ3v) is 3.89. The minimum Gasteiger partial charge on any atom is -0.473 e. The Kier molecular flexibility index (Phi) is 10.3. The molecule has 19 heavy (non-hydrogen) atoms. The van der Waals surface area contributed by atoms with Crippen molar-refractivity contribution in [1.82, 2.24) is 0 Å². The topological polar surface area (TPSA) is 47.9 Å². The van der Waals surface area contributed by atoms with Gasteiger partial charge in [-0.3, -0.25) is 0 Å². The number of ether oxygens (including phenoxy) is 3. The molecule has 1 N–H and O–H groups in total. The van der Waals surface area contributed by atoms with E-state index in [1.54, 1.807) is 18.0 Å². The van der Waals surface area contributed by atoms with Gasteiger partial charge in [0, 0.05) is 12.2 Å². The second-order valence-corrected chi connectivity index (χ2v) is 5.69. The molecule has 0 radical (unpaired) electrons. The fourth-order valence-electron chi connectivity index (χ4n) is 1.61. The third kappa shape index (κ3) is 9.32. The summed E-state index contributed by atoms with van der Waals surface area (Å²) in [7, 11) is 0. The maximum Gasteiger partial charge on any atom is 0.199 e. The highest BCUT2D eigenvalue weighted by atomic mass is 32.2. The smallest absolute Gasteiger partial charge is 0.199 e. The van der Waals surface area contributed by atoms with Crippen LogP contribution in [0, 0.1) is 0 Å². The third-order valence-electron chi connectivity index (χ3n) is 2.69. The minimum atomic E-state index is -0.379. The molecule has 0 spiro atoms. The van der Waals surface area contributed by atoms with E-state index in [-0.39, 0.29) is 12.4 Å². The number of thioether (sulfide) groups is 1. The van der Waals surface area contributed by atoms with Gasteiger partial charge >= 0.3 is 0 Å². The van der Waals surface area contributed by atoms with Gasteiger partial charge in [-0.2, -0.15) is 11.8 Å². The standard InChI is InChI=1S/C14H26O4S/c1-2-3-10-19-12-13(15)11-16-8-9-18-14-6-4-5-7-17-14/h5,7,13-15H,2-4,6,8-12H2,1H3. The molecule has 0 aromatic heterocycles. The molecule has 0 aromatic carbocycles. The van der Waals surface area contributed by atoms with E-state index in [2.05, 4.69) is 6.92 Å². The second-order valence-electron chi connectivity index (χ2n) is 4.54. The van der Waals surface area contributed by atoms with Gasteiger partial charge in [-0.25, -0.2) is 0 Å². The van der Waals surface area contributed by atoms with Crippen LogP contribution in [0.3, 0.4) is 0 Å². The molecule has 0 amide bonds. The molecule has 0 aliphatic carbocycles. The summed E-state index contributed by atoms with van der Waals surface area (Å²) in [6.45, 7) is 3.56. The van der Waals surface area contributed by atoms with Crippen molar-refractivity contribution in [2.24, 2.45) is 0 Å². The van der Waals surface area contributed by atoms with E-state index >= 15 is 0 Å². The van der Waals surface area contributed by atoms with Crippen LogP contribution in [0.25, 0.3) is 0 Å². The Hall–Kier alpha value is -0.230. The monoisotopic (exact) mass is 290 g/mol. The number of aliphatic hydroxyl groups excluding tert-OH is 1. The van der Waals surface area contributed by atoms with Gasteiger partial charge in [0.25, 0.3) is 0 Å². The van der Waals surface area contributed by atoms with Crippen molar-refractivity contribution in [2.45, 2.75) is 45.0 Å². The average Bonchev–Trinajstić information content (AvgIpc) is 2.44. The van der Waals surface area contributed by atoms with E-state index in [4.69, 9.17) is 14.2 Å². The molecule has 4 nitrogen and oxygen atoms in total. The van der Waals surface area contributed by atoms with Crippen LogP contribution in [-0.2, 0) is 14.2 Å². The predicted molar refractivity (Wildman–Crippen MR) is 78.3 cm³/mol. The second kappa shape index (κ2) is 11.6. The van der Waals surface area contributed by atoms with Gasteiger partial charge in [0.1, 0.15) is 0 Å². The summed E-state index contributed by atoms with van der Waals surface area (Å²) >= 11 is 1.78. The summed E-state index contributed by atoms with van der Waals surface area (Å²) in [5.74, 6) is 1.86. The van der Waals surface area contributed by atoms with Gasteiger partial charge in [-0.1, -0.05) is 13.3 Å². The molecule has 1 rings (SSSR count). The Labute approximate surface area is 120 Å². The number of hydrogen-bond acceptors (Lipinski definition) is 5. The summed E-state index contributed by atoms with van der Waals surface area (Å²) in [6, 6.07) is 0. The maximum absolute atomic E-state index is 9.68. The Morgan fingerprint density at radius 1 is 1.47 bits per heavy atom. The van der Waals surface area contributed by atoms with Crippen LogP contribution in [0.2, 0.25) is 0 Å². The molecule has 2 atom stereocenters. The summed E-state index contributed by atoms with van der Waals surface area (Å²) in [4.78, 5) is 0. The lowest BCUT2D eigenvalue weighted by Crippen LogP contribution is -2.22. The molecule has 0 saturated carbocycles. The van der Waals surface area contributed by atoms with E-state index in [9.17, 15) is 5.11 Å². The highest BCUT2D eigenvalue weighted by Crippen LogP contribution is 2.11. The van der Waals surface area contributed by atoms with Gasteiger partial charge in [0.15, 0.2) is 6.29 Å². The molecule has 5 heteroatoms. The Bertz CT molecular complexity index is 235. The van der Waals surface area contributed by atoms with Crippen molar-refractivity contribution in [2.75, 3.05) is 31.3 Å². The first-order valence-electron chi connectivity index (χ1n) is 7.08. The Balaban J connectivity index is 1.85. The summed E-state index contributed by atoms with van der Waals surface area (Å²) in [6.07, 6.45) is 7.47. The number of aliphatic hydroxyl groups is 1. The SMILES string of the molecule is CCCCSCC(O)COCCOC1CCC=CO1. The van der Waals surface area contributed by atoms with Crippen LogP contribution in [0.5, 0.6) is 0 Å². The molecule has 0 fully saturated rings. The van der Waals surface area contributed by atoms with Crippen LogP contribution in [0.4, 0.5) is 0 Å². The maximum atomic E-state index is 9.68. The lowest BCUT2D eigenvalue weighted by molar-refractivity contribution is -0.127. The van der Waals surface area contributed by atoms with Crippen LogP contribution >= 0.6 is 11.8 Å². The highest BCUT2D eigenvalue weighted by Gasteiger charge is 2.10. The van der Waals surface area contributed by atoms with E-state index in [0.29, 0.717) is 19.8 Å². The molecular formula is C14H26O4S. The fraction of sp³-hybridized carbons (Fsp3) is 0.857. The van der Waals surface area contributed by atoms with Crippen molar-refractivity contribution in [1.29, 1.82) is 0 Å². The lowest BCUT2D eigenvalue weighted by atomic mass is 10.3. The molecular weight excluding hydrogens is 264 g/mol. The molecule has 1 heterocycles.